The van der Waals surface area contributed by atoms with Crippen LogP contribution in [0.2, 0.25) is 0 Å². The first-order valence-corrected chi connectivity index (χ1v) is 31.9. The van der Waals surface area contributed by atoms with Gasteiger partial charge in [0.2, 0.25) is 5.91 Å². The van der Waals surface area contributed by atoms with E-state index in [9.17, 15) is 19.8 Å². The predicted octanol–water partition coefficient (Wildman–Crippen LogP) is 20.1. The van der Waals surface area contributed by atoms with Crippen molar-refractivity contribution >= 4 is 11.9 Å². The molecule has 0 aliphatic carbocycles. The molecule has 422 valence electrons. The van der Waals surface area contributed by atoms with Crippen molar-refractivity contribution in [2.24, 2.45) is 0 Å². The summed E-state index contributed by atoms with van der Waals surface area (Å²) >= 11 is 0. The number of hydrogen-bond acceptors (Lipinski definition) is 5. The van der Waals surface area contributed by atoms with Crippen molar-refractivity contribution in [1.82, 2.24) is 5.32 Å². The van der Waals surface area contributed by atoms with Gasteiger partial charge < -0.3 is 20.3 Å². The SMILES string of the molecule is CCCCCC/C=C\C/C=C\CCCCCCCC(=O)OCCCCCCCCCCCCCC/C=C\CCCCCCCCCCCCCC(=O)NC(CO)C(O)/C=C/CCCCCCCCCCCC. The average molecular weight is 1010 g/mol. The van der Waals surface area contributed by atoms with Crippen LogP contribution in [0.4, 0.5) is 0 Å². The van der Waals surface area contributed by atoms with E-state index in [0.717, 1.165) is 51.4 Å². The summed E-state index contributed by atoms with van der Waals surface area (Å²) in [6.45, 7) is 4.88. The van der Waals surface area contributed by atoms with Crippen molar-refractivity contribution in [3.05, 3.63) is 48.6 Å². The number of carbonyl (C=O) groups excluding carboxylic acids is 2. The Labute approximate surface area is 448 Å². The Morgan fingerprint density at radius 1 is 0.389 bits per heavy atom. The third-order valence-electron chi connectivity index (χ3n) is 14.6. The van der Waals surface area contributed by atoms with Gasteiger partial charge in [0.25, 0.3) is 0 Å². The number of carbonyl (C=O) groups is 2. The first-order valence-electron chi connectivity index (χ1n) is 31.9. The molecule has 0 rings (SSSR count). The molecule has 0 bridgehead atoms. The van der Waals surface area contributed by atoms with E-state index in [4.69, 9.17) is 4.74 Å². The monoisotopic (exact) mass is 1010 g/mol. The van der Waals surface area contributed by atoms with Gasteiger partial charge in [0.15, 0.2) is 0 Å². The van der Waals surface area contributed by atoms with Crippen LogP contribution in [-0.2, 0) is 14.3 Å². The number of amides is 1. The molecule has 0 spiro atoms. The number of aliphatic hydroxyl groups excluding tert-OH is 2. The van der Waals surface area contributed by atoms with Crippen LogP contribution in [0.15, 0.2) is 48.6 Å². The Hall–Kier alpha value is -2.18. The Bertz CT molecular complexity index is 1210. The number of unbranched alkanes of at least 4 members (excludes halogenated alkanes) is 42. The molecule has 0 saturated heterocycles. The molecule has 6 nitrogen and oxygen atoms in total. The molecule has 72 heavy (non-hydrogen) atoms. The Morgan fingerprint density at radius 2 is 0.694 bits per heavy atom. The second-order valence-corrected chi connectivity index (χ2v) is 21.7. The molecular weight excluding hydrogens is 887 g/mol. The lowest BCUT2D eigenvalue weighted by atomic mass is 10.0. The number of allylic oxidation sites excluding steroid dienone is 7. The molecule has 6 heteroatoms. The first kappa shape index (κ1) is 69.8. The van der Waals surface area contributed by atoms with Gasteiger partial charge in [0, 0.05) is 12.8 Å². The minimum Gasteiger partial charge on any atom is -0.466 e. The third kappa shape index (κ3) is 57.1. The molecule has 0 aromatic heterocycles. The minimum absolute atomic E-state index is 0.000929. The van der Waals surface area contributed by atoms with E-state index in [0.29, 0.717) is 19.4 Å². The molecule has 0 fully saturated rings. The molecule has 0 aliphatic heterocycles. The van der Waals surface area contributed by atoms with Crippen LogP contribution in [0.1, 0.15) is 335 Å². The summed E-state index contributed by atoms with van der Waals surface area (Å²) in [6.07, 6.45) is 78.8. The van der Waals surface area contributed by atoms with Gasteiger partial charge in [-0.1, -0.05) is 281 Å². The standard InChI is InChI=1S/C66H123NO5/c1-3-5-7-9-11-13-15-17-18-33-36-40-44-48-52-56-60-66(71)72-61-57-53-49-45-41-37-34-31-29-27-25-23-21-19-20-22-24-26-28-30-32-35-39-43-47-51-55-59-65(70)67-63(62-68)64(69)58-54-50-46-42-38-16-14-12-10-8-6-4-2/h13,15,18-20,33,54,58,63-64,68-69H,3-12,14,16-17,21-32,34-53,55-57,59-62H2,1-2H3,(H,67,70)/b15-13-,20-19-,33-18-,58-54+. The first-order chi connectivity index (χ1) is 35.5. The summed E-state index contributed by atoms with van der Waals surface area (Å²) in [7, 11) is 0. The van der Waals surface area contributed by atoms with Gasteiger partial charge in [0.05, 0.1) is 25.4 Å². The smallest absolute Gasteiger partial charge is 0.305 e. The molecule has 2 atom stereocenters. The third-order valence-corrected chi connectivity index (χ3v) is 14.6. The Kier molecular flexibility index (Phi) is 59.5. The van der Waals surface area contributed by atoms with E-state index >= 15 is 0 Å². The van der Waals surface area contributed by atoms with Gasteiger partial charge >= 0.3 is 5.97 Å². The Morgan fingerprint density at radius 3 is 1.08 bits per heavy atom. The molecule has 0 radical (unpaired) electrons. The molecule has 0 saturated carbocycles. The van der Waals surface area contributed by atoms with Gasteiger partial charge in [-0.05, 0) is 89.9 Å². The number of hydrogen-bond donors (Lipinski definition) is 3. The molecule has 2 unspecified atom stereocenters. The van der Waals surface area contributed by atoms with Gasteiger partial charge in [0.1, 0.15) is 0 Å². The van der Waals surface area contributed by atoms with Gasteiger partial charge in [-0.2, -0.15) is 0 Å². The number of ether oxygens (including phenoxy) is 1. The summed E-state index contributed by atoms with van der Waals surface area (Å²) in [5.41, 5.74) is 0. The zero-order valence-corrected chi connectivity index (χ0v) is 48.2. The van der Waals surface area contributed by atoms with Crippen LogP contribution < -0.4 is 5.32 Å². The predicted molar refractivity (Wildman–Crippen MR) is 315 cm³/mol. The van der Waals surface area contributed by atoms with Crippen molar-refractivity contribution in [2.75, 3.05) is 13.2 Å². The fourth-order valence-electron chi connectivity index (χ4n) is 9.66. The Balaban J connectivity index is 3.39. The number of nitrogens with one attached hydrogen (secondary N) is 1. The fourth-order valence-corrected chi connectivity index (χ4v) is 9.66. The highest BCUT2D eigenvalue weighted by molar-refractivity contribution is 5.76. The lowest BCUT2D eigenvalue weighted by Gasteiger charge is -2.20. The van der Waals surface area contributed by atoms with Gasteiger partial charge in [-0.3, -0.25) is 9.59 Å². The van der Waals surface area contributed by atoms with Crippen molar-refractivity contribution in [1.29, 1.82) is 0 Å². The highest BCUT2D eigenvalue weighted by Gasteiger charge is 2.18. The normalized spacial score (nSPS) is 12.9. The number of rotatable bonds is 59. The van der Waals surface area contributed by atoms with E-state index in [1.54, 1.807) is 6.08 Å². The zero-order valence-electron chi connectivity index (χ0n) is 48.2. The van der Waals surface area contributed by atoms with Gasteiger partial charge in [-0.15, -0.1) is 0 Å². The van der Waals surface area contributed by atoms with Crippen LogP contribution in [-0.4, -0.2) is 47.4 Å². The van der Waals surface area contributed by atoms with E-state index in [1.807, 2.05) is 6.08 Å². The zero-order chi connectivity index (χ0) is 52.2. The quantitative estimate of drug-likeness (QED) is 0.0320. The number of aliphatic hydroxyl groups is 2. The molecule has 0 heterocycles. The van der Waals surface area contributed by atoms with Crippen LogP contribution in [0, 0.1) is 0 Å². The second kappa shape index (κ2) is 61.4. The van der Waals surface area contributed by atoms with Crippen LogP contribution in [0.5, 0.6) is 0 Å². The lowest BCUT2D eigenvalue weighted by Crippen LogP contribution is -2.45. The highest BCUT2D eigenvalue weighted by atomic mass is 16.5. The molecule has 0 aromatic rings. The molecule has 0 aromatic carbocycles. The highest BCUT2D eigenvalue weighted by Crippen LogP contribution is 2.17. The summed E-state index contributed by atoms with van der Waals surface area (Å²) in [5, 5.41) is 23.1. The van der Waals surface area contributed by atoms with Crippen LogP contribution >= 0.6 is 0 Å². The maximum atomic E-state index is 12.4. The van der Waals surface area contributed by atoms with Crippen LogP contribution in [0.3, 0.4) is 0 Å². The number of esters is 1. The minimum atomic E-state index is -0.844. The lowest BCUT2D eigenvalue weighted by molar-refractivity contribution is -0.143. The fraction of sp³-hybridized carbons (Fsp3) is 0.848. The summed E-state index contributed by atoms with van der Waals surface area (Å²) < 4.78 is 5.48. The molecular formula is C66H123NO5. The van der Waals surface area contributed by atoms with E-state index in [-0.39, 0.29) is 18.5 Å². The summed E-state index contributed by atoms with van der Waals surface area (Å²) in [4.78, 5) is 24.5. The molecule has 0 aliphatic rings. The molecule has 1 amide bonds. The largest absolute Gasteiger partial charge is 0.466 e. The van der Waals surface area contributed by atoms with E-state index < -0.39 is 12.1 Å². The molecule has 3 N–H and O–H groups in total. The average Bonchev–Trinajstić information content (AvgIpc) is 3.38. The van der Waals surface area contributed by atoms with Crippen molar-refractivity contribution in [3.63, 3.8) is 0 Å². The van der Waals surface area contributed by atoms with E-state index in [1.165, 1.54) is 257 Å². The maximum absolute atomic E-state index is 12.4. The van der Waals surface area contributed by atoms with Crippen molar-refractivity contribution in [2.45, 2.75) is 347 Å². The summed E-state index contributed by atoms with van der Waals surface area (Å²) in [6, 6.07) is -0.628. The van der Waals surface area contributed by atoms with Crippen molar-refractivity contribution < 1.29 is 24.5 Å². The maximum Gasteiger partial charge on any atom is 0.305 e. The van der Waals surface area contributed by atoms with E-state index in [2.05, 4.69) is 55.6 Å². The van der Waals surface area contributed by atoms with Crippen molar-refractivity contribution in [3.8, 4) is 0 Å². The summed E-state index contributed by atoms with van der Waals surface area (Å²) in [5.74, 6) is -0.0685. The topological polar surface area (TPSA) is 95.9 Å². The second-order valence-electron chi connectivity index (χ2n) is 21.7. The van der Waals surface area contributed by atoms with Gasteiger partial charge in [-0.25, -0.2) is 0 Å². The van der Waals surface area contributed by atoms with Crippen LogP contribution in [0.25, 0.3) is 0 Å².